The zero-order valence-electron chi connectivity index (χ0n) is 14.3. The third-order valence-electron chi connectivity index (χ3n) is 3.59. The number of benzene rings is 2. The van der Waals surface area contributed by atoms with Crippen molar-refractivity contribution < 1.29 is 9.47 Å². The molecule has 27 heavy (non-hydrogen) atoms. The summed E-state index contributed by atoms with van der Waals surface area (Å²) >= 11 is 15.7. The quantitative estimate of drug-likeness (QED) is 0.487. The first-order valence-corrected chi connectivity index (χ1v) is 9.61. The van der Waals surface area contributed by atoms with Gasteiger partial charge in [0.25, 0.3) is 5.95 Å². The summed E-state index contributed by atoms with van der Waals surface area (Å²) in [6.07, 6.45) is 0. The SMILES string of the molecule is CCOc1cc(CNc2nn[nH]n2)c(Br)cc1OCc1ccc(Cl)cc1Cl. The van der Waals surface area contributed by atoms with Crippen molar-refractivity contribution >= 4 is 45.1 Å². The second-order valence-electron chi connectivity index (χ2n) is 5.44. The number of hydrogen-bond donors (Lipinski definition) is 2. The number of nitrogens with one attached hydrogen (secondary N) is 2. The van der Waals surface area contributed by atoms with Crippen LogP contribution in [0.15, 0.2) is 34.8 Å². The fraction of sp³-hybridized carbons (Fsp3) is 0.235. The van der Waals surface area contributed by atoms with Crippen LogP contribution in [0.5, 0.6) is 11.5 Å². The van der Waals surface area contributed by atoms with Gasteiger partial charge in [-0.25, -0.2) is 0 Å². The Morgan fingerprint density at radius 3 is 2.63 bits per heavy atom. The van der Waals surface area contributed by atoms with Gasteiger partial charge >= 0.3 is 0 Å². The number of ether oxygens (including phenoxy) is 2. The molecule has 0 radical (unpaired) electrons. The van der Waals surface area contributed by atoms with Crippen LogP contribution in [-0.2, 0) is 13.2 Å². The van der Waals surface area contributed by atoms with Crippen molar-refractivity contribution in [1.82, 2.24) is 20.6 Å². The fourth-order valence-electron chi connectivity index (χ4n) is 2.30. The highest BCUT2D eigenvalue weighted by atomic mass is 79.9. The van der Waals surface area contributed by atoms with Crippen LogP contribution in [0, 0.1) is 0 Å². The Morgan fingerprint density at radius 1 is 1.11 bits per heavy atom. The smallest absolute Gasteiger partial charge is 0.263 e. The van der Waals surface area contributed by atoms with E-state index in [1.807, 2.05) is 25.1 Å². The van der Waals surface area contributed by atoms with Gasteiger partial charge in [0.15, 0.2) is 11.5 Å². The second kappa shape index (κ2) is 9.25. The predicted molar refractivity (Wildman–Crippen MR) is 108 cm³/mol. The van der Waals surface area contributed by atoms with E-state index in [-0.39, 0.29) is 0 Å². The first-order chi connectivity index (χ1) is 13.1. The topological polar surface area (TPSA) is 85.0 Å². The minimum absolute atomic E-state index is 0.295. The van der Waals surface area contributed by atoms with Crippen LogP contribution in [0.4, 0.5) is 5.95 Å². The highest BCUT2D eigenvalue weighted by Gasteiger charge is 2.13. The number of anilines is 1. The lowest BCUT2D eigenvalue weighted by atomic mass is 10.2. The fourth-order valence-corrected chi connectivity index (χ4v) is 3.22. The van der Waals surface area contributed by atoms with E-state index >= 15 is 0 Å². The summed E-state index contributed by atoms with van der Waals surface area (Å²) in [5, 5.41) is 17.8. The number of tetrazole rings is 1. The van der Waals surface area contributed by atoms with E-state index in [9.17, 15) is 0 Å². The molecular weight excluding hydrogens is 457 g/mol. The molecule has 10 heteroatoms. The van der Waals surface area contributed by atoms with Gasteiger partial charge in [0.05, 0.1) is 6.61 Å². The van der Waals surface area contributed by atoms with Crippen molar-refractivity contribution in [3.8, 4) is 11.5 Å². The molecule has 0 saturated heterocycles. The number of rotatable bonds is 8. The summed E-state index contributed by atoms with van der Waals surface area (Å²) in [4.78, 5) is 0. The average Bonchev–Trinajstić information content (AvgIpc) is 3.15. The summed E-state index contributed by atoms with van der Waals surface area (Å²) in [5.74, 6) is 1.66. The van der Waals surface area contributed by atoms with Crippen molar-refractivity contribution in [2.75, 3.05) is 11.9 Å². The summed E-state index contributed by atoms with van der Waals surface area (Å²) in [5.41, 5.74) is 1.79. The van der Waals surface area contributed by atoms with E-state index in [1.54, 1.807) is 12.1 Å². The Labute approximate surface area is 174 Å². The van der Waals surface area contributed by atoms with E-state index in [0.29, 0.717) is 47.3 Å². The maximum atomic E-state index is 6.21. The van der Waals surface area contributed by atoms with Crippen LogP contribution in [0.25, 0.3) is 0 Å². The molecule has 0 spiro atoms. The van der Waals surface area contributed by atoms with Gasteiger partial charge in [0.1, 0.15) is 6.61 Å². The number of hydrogen-bond acceptors (Lipinski definition) is 6. The zero-order chi connectivity index (χ0) is 19.2. The zero-order valence-corrected chi connectivity index (χ0v) is 17.4. The Morgan fingerprint density at radius 2 is 1.93 bits per heavy atom. The lowest BCUT2D eigenvalue weighted by molar-refractivity contribution is 0.269. The van der Waals surface area contributed by atoms with Gasteiger partial charge in [-0.2, -0.15) is 5.21 Å². The number of H-pyrrole nitrogens is 1. The molecule has 0 aliphatic heterocycles. The Kier molecular flexibility index (Phi) is 6.76. The molecule has 0 bridgehead atoms. The molecule has 0 unspecified atom stereocenters. The summed E-state index contributed by atoms with van der Waals surface area (Å²) in [6, 6.07) is 9.07. The molecule has 142 valence electrons. The molecular formula is C17H16BrCl2N5O2. The first-order valence-electron chi connectivity index (χ1n) is 8.06. The van der Waals surface area contributed by atoms with Gasteiger partial charge in [-0.05, 0) is 42.0 Å². The highest BCUT2D eigenvalue weighted by molar-refractivity contribution is 9.10. The Balaban J connectivity index is 1.76. The Hall–Kier alpha value is -2.03. The van der Waals surface area contributed by atoms with Crippen LogP contribution < -0.4 is 14.8 Å². The van der Waals surface area contributed by atoms with E-state index in [4.69, 9.17) is 32.7 Å². The molecule has 7 nitrogen and oxygen atoms in total. The maximum absolute atomic E-state index is 6.21. The van der Waals surface area contributed by atoms with Crippen molar-refractivity contribution in [1.29, 1.82) is 0 Å². The lowest BCUT2D eigenvalue weighted by Gasteiger charge is -2.15. The minimum Gasteiger partial charge on any atom is -0.490 e. The molecule has 3 rings (SSSR count). The third-order valence-corrected chi connectivity index (χ3v) is 4.92. The van der Waals surface area contributed by atoms with Crippen LogP contribution in [0.2, 0.25) is 10.0 Å². The molecule has 1 heterocycles. The second-order valence-corrected chi connectivity index (χ2v) is 7.13. The molecule has 0 amide bonds. The van der Waals surface area contributed by atoms with E-state index < -0.39 is 0 Å². The maximum Gasteiger partial charge on any atom is 0.263 e. The molecule has 2 aromatic carbocycles. The molecule has 0 fully saturated rings. The molecule has 1 aromatic heterocycles. The van der Waals surface area contributed by atoms with Crippen molar-refractivity contribution in [2.45, 2.75) is 20.1 Å². The van der Waals surface area contributed by atoms with Crippen molar-refractivity contribution in [3.63, 3.8) is 0 Å². The first kappa shape index (κ1) is 19.7. The number of aromatic nitrogens is 4. The molecule has 2 N–H and O–H groups in total. The summed E-state index contributed by atoms with van der Waals surface area (Å²) < 4.78 is 12.5. The predicted octanol–water partition coefficient (Wildman–Crippen LogP) is 4.86. The van der Waals surface area contributed by atoms with Gasteiger partial charge in [-0.3, -0.25) is 0 Å². The largest absolute Gasteiger partial charge is 0.490 e. The Bertz CT molecular complexity index is 909. The standard InChI is InChI=1S/C17H16BrCl2N5O2/c1-2-26-15-5-11(8-21-17-22-24-25-23-17)13(18)7-16(15)27-9-10-3-4-12(19)6-14(10)20/h3-7H,2,8-9H2,1H3,(H2,21,22,23,24,25). The monoisotopic (exact) mass is 471 g/mol. The molecule has 0 aliphatic carbocycles. The van der Waals surface area contributed by atoms with Crippen molar-refractivity contribution in [2.24, 2.45) is 0 Å². The van der Waals surface area contributed by atoms with Crippen molar-refractivity contribution in [3.05, 3.63) is 56.0 Å². The number of halogens is 3. The number of nitrogens with zero attached hydrogens (tertiary/aromatic N) is 3. The van der Waals surface area contributed by atoms with Gasteiger partial charge in [0.2, 0.25) is 0 Å². The summed E-state index contributed by atoms with van der Waals surface area (Å²) in [6.45, 7) is 3.21. The van der Waals surface area contributed by atoms with Gasteiger partial charge in [-0.15, -0.1) is 5.10 Å². The van der Waals surface area contributed by atoms with Gasteiger partial charge < -0.3 is 14.8 Å². The molecule has 3 aromatic rings. The minimum atomic E-state index is 0.295. The normalized spacial score (nSPS) is 10.7. The molecule has 0 atom stereocenters. The van der Waals surface area contributed by atoms with Gasteiger partial charge in [0, 0.05) is 26.6 Å². The van der Waals surface area contributed by atoms with Gasteiger partial charge in [-0.1, -0.05) is 50.3 Å². The van der Waals surface area contributed by atoms with E-state index in [2.05, 4.69) is 41.9 Å². The lowest BCUT2D eigenvalue weighted by Crippen LogP contribution is -2.05. The average molecular weight is 473 g/mol. The third kappa shape index (κ3) is 5.24. The number of aromatic amines is 1. The van der Waals surface area contributed by atoms with E-state index in [1.165, 1.54) is 0 Å². The molecule has 0 aliphatic rings. The van der Waals surface area contributed by atoms with Crippen LogP contribution in [0.3, 0.4) is 0 Å². The van der Waals surface area contributed by atoms with Crippen LogP contribution in [-0.4, -0.2) is 27.2 Å². The molecule has 0 saturated carbocycles. The highest BCUT2D eigenvalue weighted by Crippen LogP contribution is 2.35. The van der Waals surface area contributed by atoms with E-state index in [0.717, 1.165) is 15.6 Å². The van der Waals surface area contributed by atoms with Crippen LogP contribution in [0.1, 0.15) is 18.1 Å². The summed E-state index contributed by atoms with van der Waals surface area (Å²) in [7, 11) is 0. The van der Waals surface area contributed by atoms with Crippen LogP contribution >= 0.6 is 39.1 Å².